The molecule has 3 aliphatic rings. The third-order valence-electron chi connectivity index (χ3n) is 7.05. The molecule has 1 aliphatic heterocycles. The molecule has 0 aromatic carbocycles. The van der Waals surface area contributed by atoms with Crippen LogP contribution in [0, 0.1) is 23.7 Å². The average Bonchev–Trinajstić information content (AvgIpc) is 2.69. The van der Waals surface area contributed by atoms with Gasteiger partial charge in [0, 0.05) is 24.9 Å². The lowest BCUT2D eigenvalue weighted by Gasteiger charge is -2.41. The van der Waals surface area contributed by atoms with Crippen LogP contribution in [-0.2, 0) is 14.2 Å². The second-order valence-corrected chi connectivity index (χ2v) is 9.08. The molecule has 2 saturated carbocycles. The monoisotopic (exact) mass is 406 g/mol. The molecule has 0 unspecified atom stereocenters. The van der Waals surface area contributed by atoms with Gasteiger partial charge in [0.15, 0.2) is 6.29 Å². The van der Waals surface area contributed by atoms with Crippen molar-refractivity contribution >= 4 is 0 Å². The van der Waals surface area contributed by atoms with Crippen molar-refractivity contribution in [3.8, 4) is 0 Å². The molecule has 6 heteroatoms. The molecule has 3 nitrogen and oxygen atoms in total. The maximum atomic E-state index is 12.3. The number of hydrogen-bond donors (Lipinski definition) is 0. The van der Waals surface area contributed by atoms with Crippen LogP contribution in [0.2, 0.25) is 0 Å². The van der Waals surface area contributed by atoms with Gasteiger partial charge in [-0.25, -0.2) is 0 Å². The van der Waals surface area contributed by atoms with E-state index in [1.165, 1.54) is 38.5 Å². The highest BCUT2D eigenvalue weighted by Crippen LogP contribution is 2.42. The van der Waals surface area contributed by atoms with Crippen molar-refractivity contribution < 1.29 is 27.4 Å². The third kappa shape index (κ3) is 6.88. The standard InChI is InChI=1S/C22H37F3O3/c1-2-26-20-11-9-18(10-12-20)17-5-7-19(8-6-17)21-27-14-16(15-28-21)4-3-13-22(23,24)25/h16-21H,2-15H2,1H3. The second-order valence-electron chi connectivity index (χ2n) is 9.08. The normalized spacial score (nSPS) is 37.7. The fourth-order valence-corrected chi connectivity index (χ4v) is 5.44. The first-order valence-corrected chi connectivity index (χ1v) is 11.4. The van der Waals surface area contributed by atoms with E-state index in [0.29, 0.717) is 31.7 Å². The summed E-state index contributed by atoms with van der Waals surface area (Å²) in [5.41, 5.74) is 0. The van der Waals surface area contributed by atoms with Crippen molar-refractivity contribution in [1.82, 2.24) is 0 Å². The Morgan fingerprint density at radius 2 is 1.36 bits per heavy atom. The van der Waals surface area contributed by atoms with Gasteiger partial charge in [-0.3, -0.25) is 0 Å². The van der Waals surface area contributed by atoms with Crippen LogP contribution in [0.4, 0.5) is 13.2 Å². The quantitative estimate of drug-likeness (QED) is 0.510. The largest absolute Gasteiger partial charge is 0.389 e. The molecule has 0 radical (unpaired) electrons. The summed E-state index contributed by atoms with van der Waals surface area (Å²) >= 11 is 0. The van der Waals surface area contributed by atoms with E-state index in [9.17, 15) is 13.2 Å². The van der Waals surface area contributed by atoms with Gasteiger partial charge < -0.3 is 14.2 Å². The summed E-state index contributed by atoms with van der Waals surface area (Å²) < 4.78 is 54.4. The molecule has 1 heterocycles. The number of halogens is 3. The van der Waals surface area contributed by atoms with Crippen molar-refractivity contribution in [3.63, 3.8) is 0 Å². The van der Waals surface area contributed by atoms with Crippen molar-refractivity contribution in [3.05, 3.63) is 0 Å². The Balaban J connectivity index is 1.31. The molecule has 3 rings (SSSR count). The highest BCUT2D eigenvalue weighted by atomic mass is 19.4. The van der Waals surface area contributed by atoms with E-state index in [4.69, 9.17) is 14.2 Å². The van der Waals surface area contributed by atoms with Crippen LogP contribution < -0.4 is 0 Å². The van der Waals surface area contributed by atoms with E-state index in [1.54, 1.807) is 0 Å². The number of rotatable bonds is 7. The number of ether oxygens (including phenoxy) is 3. The lowest BCUT2D eigenvalue weighted by Crippen LogP contribution is -2.39. The van der Waals surface area contributed by atoms with Crippen LogP contribution in [-0.4, -0.2) is 38.4 Å². The Hall–Kier alpha value is -0.330. The van der Waals surface area contributed by atoms with Gasteiger partial charge in [-0.05, 0) is 83.0 Å². The van der Waals surface area contributed by atoms with E-state index in [0.717, 1.165) is 31.3 Å². The van der Waals surface area contributed by atoms with Gasteiger partial charge in [0.1, 0.15) is 0 Å². The zero-order chi connectivity index (χ0) is 20.0. The minimum atomic E-state index is -4.06. The van der Waals surface area contributed by atoms with Crippen LogP contribution in [0.3, 0.4) is 0 Å². The van der Waals surface area contributed by atoms with Gasteiger partial charge in [-0.2, -0.15) is 13.2 Å². The number of alkyl halides is 3. The lowest BCUT2D eigenvalue weighted by molar-refractivity contribution is -0.231. The lowest BCUT2D eigenvalue weighted by atomic mass is 9.70. The Bertz CT molecular complexity index is 433. The Morgan fingerprint density at radius 3 is 1.89 bits per heavy atom. The summed E-state index contributed by atoms with van der Waals surface area (Å²) in [6.45, 7) is 3.99. The third-order valence-corrected chi connectivity index (χ3v) is 7.05. The average molecular weight is 407 g/mol. The Morgan fingerprint density at radius 1 is 0.821 bits per heavy atom. The first kappa shape index (κ1) is 22.4. The maximum Gasteiger partial charge on any atom is 0.389 e. The predicted molar refractivity (Wildman–Crippen MR) is 102 cm³/mol. The molecule has 0 spiro atoms. The number of hydrogen-bond acceptors (Lipinski definition) is 3. The maximum absolute atomic E-state index is 12.3. The van der Waals surface area contributed by atoms with Gasteiger partial charge in [0.25, 0.3) is 0 Å². The van der Waals surface area contributed by atoms with Crippen molar-refractivity contribution in [2.45, 2.75) is 96.1 Å². The highest BCUT2D eigenvalue weighted by molar-refractivity contribution is 4.84. The molecular formula is C22H37F3O3. The molecule has 0 aromatic heterocycles. The van der Waals surface area contributed by atoms with Crippen LogP contribution in [0.1, 0.15) is 77.6 Å². The fraction of sp³-hybridized carbons (Fsp3) is 1.00. The predicted octanol–water partition coefficient (Wildman–Crippen LogP) is 6.11. The van der Waals surface area contributed by atoms with Crippen molar-refractivity contribution in [1.29, 1.82) is 0 Å². The topological polar surface area (TPSA) is 27.7 Å². The zero-order valence-electron chi connectivity index (χ0n) is 17.2. The molecule has 3 fully saturated rings. The van der Waals surface area contributed by atoms with Crippen molar-refractivity contribution in [2.75, 3.05) is 19.8 Å². The molecular weight excluding hydrogens is 369 g/mol. The van der Waals surface area contributed by atoms with Gasteiger partial charge in [-0.15, -0.1) is 0 Å². The summed E-state index contributed by atoms with van der Waals surface area (Å²) in [5, 5.41) is 0. The van der Waals surface area contributed by atoms with E-state index >= 15 is 0 Å². The molecule has 0 N–H and O–H groups in total. The molecule has 0 aromatic rings. The first-order valence-electron chi connectivity index (χ1n) is 11.4. The zero-order valence-corrected chi connectivity index (χ0v) is 17.2. The van der Waals surface area contributed by atoms with Gasteiger partial charge in [0.2, 0.25) is 0 Å². The van der Waals surface area contributed by atoms with Gasteiger partial charge in [0.05, 0.1) is 19.3 Å². The van der Waals surface area contributed by atoms with Gasteiger partial charge >= 0.3 is 6.18 Å². The van der Waals surface area contributed by atoms with Crippen LogP contribution in [0.5, 0.6) is 0 Å². The van der Waals surface area contributed by atoms with Crippen LogP contribution in [0.25, 0.3) is 0 Å². The first-order chi connectivity index (χ1) is 13.4. The molecule has 2 aliphatic carbocycles. The van der Waals surface area contributed by atoms with E-state index in [1.807, 2.05) is 0 Å². The Labute approximate surface area is 167 Å². The molecule has 164 valence electrons. The molecule has 0 atom stereocenters. The molecule has 0 bridgehead atoms. The van der Waals surface area contributed by atoms with Crippen molar-refractivity contribution in [2.24, 2.45) is 23.7 Å². The summed E-state index contributed by atoms with van der Waals surface area (Å²) in [6, 6.07) is 0. The van der Waals surface area contributed by atoms with Crippen LogP contribution >= 0.6 is 0 Å². The summed E-state index contributed by atoms with van der Waals surface area (Å²) in [6.07, 6.45) is 6.12. The summed E-state index contributed by atoms with van der Waals surface area (Å²) in [5.74, 6) is 2.24. The van der Waals surface area contributed by atoms with E-state index in [2.05, 4.69) is 6.92 Å². The summed E-state index contributed by atoms with van der Waals surface area (Å²) in [7, 11) is 0. The SMILES string of the molecule is CCOC1CCC(C2CCC(C3OCC(CCCC(F)(F)F)CO3)CC2)CC1. The van der Waals surface area contributed by atoms with E-state index in [-0.39, 0.29) is 18.6 Å². The smallest absolute Gasteiger partial charge is 0.379 e. The minimum Gasteiger partial charge on any atom is -0.379 e. The van der Waals surface area contributed by atoms with Crippen LogP contribution in [0.15, 0.2) is 0 Å². The highest BCUT2D eigenvalue weighted by Gasteiger charge is 2.36. The summed E-state index contributed by atoms with van der Waals surface area (Å²) in [4.78, 5) is 0. The molecule has 0 amide bonds. The molecule has 1 saturated heterocycles. The fourth-order valence-electron chi connectivity index (χ4n) is 5.44. The molecule has 28 heavy (non-hydrogen) atoms. The van der Waals surface area contributed by atoms with E-state index < -0.39 is 12.6 Å². The Kier molecular flexibility index (Phi) is 8.48. The minimum absolute atomic E-state index is 0.107. The van der Waals surface area contributed by atoms with Gasteiger partial charge in [-0.1, -0.05) is 0 Å². The second kappa shape index (κ2) is 10.6.